The van der Waals surface area contributed by atoms with Crippen molar-refractivity contribution in [2.45, 2.75) is 51.4 Å². The van der Waals surface area contributed by atoms with Gasteiger partial charge in [0, 0.05) is 19.8 Å². The third-order valence-electron chi connectivity index (χ3n) is 5.35. The van der Waals surface area contributed by atoms with Crippen LogP contribution in [0.15, 0.2) is 0 Å². The highest BCUT2D eigenvalue weighted by molar-refractivity contribution is 4.93. The molecule has 2 aliphatic heterocycles. The molecule has 0 atom stereocenters. The number of hydrogen-bond donors (Lipinski definition) is 0. The van der Waals surface area contributed by atoms with E-state index in [1.165, 1.54) is 71.0 Å². The molecule has 1 saturated carbocycles. The molecule has 3 fully saturated rings. The van der Waals surface area contributed by atoms with Crippen molar-refractivity contribution in [3.63, 3.8) is 0 Å². The Kier molecular flexibility index (Phi) is 3.72. The van der Waals surface area contributed by atoms with Gasteiger partial charge in [0.25, 0.3) is 0 Å². The summed E-state index contributed by atoms with van der Waals surface area (Å²) in [6.07, 6.45) is 11.5. The van der Waals surface area contributed by atoms with E-state index in [1.807, 2.05) is 0 Å². The van der Waals surface area contributed by atoms with Gasteiger partial charge in [0.2, 0.25) is 0 Å². The van der Waals surface area contributed by atoms with E-state index in [4.69, 9.17) is 4.74 Å². The maximum Gasteiger partial charge on any atom is 0.0468 e. The van der Waals surface area contributed by atoms with Gasteiger partial charge in [-0.05, 0) is 69.4 Å². The van der Waals surface area contributed by atoms with Crippen molar-refractivity contribution in [3.8, 4) is 0 Å². The van der Waals surface area contributed by atoms with E-state index in [0.29, 0.717) is 0 Å². The smallest absolute Gasteiger partial charge is 0.0468 e. The van der Waals surface area contributed by atoms with E-state index in [2.05, 4.69) is 4.90 Å². The van der Waals surface area contributed by atoms with Crippen LogP contribution in [0.25, 0.3) is 0 Å². The van der Waals surface area contributed by atoms with Gasteiger partial charge in [0.1, 0.15) is 0 Å². The fraction of sp³-hybridized carbons (Fsp3) is 1.00. The predicted octanol–water partition coefficient (Wildman–Crippen LogP) is 3.07. The molecule has 2 heteroatoms. The summed E-state index contributed by atoms with van der Waals surface area (Å²) >= 11 is 0. The molecule has 2 nitrogen and oxygen atoms in total. The Morgan fingerprint density at radius 1 is 1.06 bits per heavy atom. The molecule has 2 saturated heterocycles. The molecule has 0 radical (unpaired) electrons. The van der Waals surface area contributed by atoms with Gasteiger partial charge < -0.3 is 9.64 Å². The highest BCUT2D eigenvalue weighted by Gasteiger charge is 2.40. The van der Waals surface area contributed by atoms with Gasteiger partial charge in [0.15, 0.2) is 0 Å². The molecule has 0 bridgehead atoms. The van der Waals surface area contributed by atoms with Crippen LogP contribution in [-0.2, 0) is 4.74 Å². The molecule has 1 spiro atoms. The molecule has 0 aromatic heterocycles. The minimum Gasteiger partial charge on any atom is -0.381 e. The zero-order chi connectivity index (χ0) is 11.6. The third-order valence-corrected chi connectivity index (χ3v) is 5.35. The molecule has 0 aromatic rings. The van der Waals surface area contributed by atoms with Gasteiger partial charge in [-0.2, -0.15) is 0 Å². The van der Waals surface area contributed by atoms with Gasteiger partial charge >= 0.3 is 0 Å². The van der Waals surface area contributed by atoms with Crippen LogP contribution >= 0.6 is 0 Å². The number of likely N-dealkylation sites (tertiary alicyclic amines) is 1. The summed E-state index contributed by atoms with van der Waals surface area (Å²) in [5.41, 5.74) is 0.772. The molecular formula is C15H27NO. The van der Waals surface area contributed by atoms with Gasteiger partial charge in [-0.25, -0.2) is 0 Å². The molecule has 1 aliphatic carbocycles. The number of piperidine rings is 1. The zero-order valence-corrected chi connectivity index (χ0v) is 11.1. The van der Waals surface area contributed by atoms with Crippen molar-refractivity contribution in [2.24, 2.45) is 11.3 Å². The van der Waals surface area contributed by atoms with Gasteiger partial charge in [-0.3, -0.25) is 0 Å². The maximum absolute atomic E-state index is 5.44. The normalized spacial score (nSPS) is 30.4. The largest absolute Gasteiger partial charge is 0.381 e. The minimum atomic E-state index is 0.772. The molecule has 0 aromatic carbocycles. The Hall–Kier alpha value is -0.0800. The molecule has 2 heterocycles. The summed E-state index contributed by atoms with van der Waals surface area (Å²) in [7, 11) is 0. The fourth-order valence-corrected chi connectivity index (χ4v) is 3.99. The maximum atomic E-state index is 5.44. The average Bonchev–Trinajstić information content (AvgIpc) is 2.36. The van der Waals surface area contributed by atoms with Crippen LogP contribution in [0.2, 0.25) is 0 Å². The summed E-state index contributed by atoms with van der Waals surface area (Å²) in [6.45, 7) is 6.15. The SMILES string of the molecule is C1CN(CCC2CCOCC2)CC2(C1)CCC2. The van der Waals surface area contributed by atoms with Gasteiger partial charge in [-0.15, -0.1) is 0 Å². The van der Waals surface area contributed by atoms with Crippen LogP contribution < -0.4 is 0 Å². The molecule has 0 unspecified atom stereocenters. The second-order valence-corrected chi connectivity index (χ2v) is 6.58. The van der Waals surface area contributed by atoms with Crippen LogP contribution in [0.1, 0.15) is 51.4 Å². The quantitative estimate of drug-likeness (QED) is 0.748. The lowest BCUT2D eigenvalue weighted by molar-refractivity contribution is 0.0123. The van der Waals surface area contributed by atoms with Crippen LogP contribution in [0.3, 0.4) is 0 Å². The number of ether oxygens (including phenoxy) is 1. The second kappa shape index (κ2) is 5.27. The van der Waals surface area contributed by atoms with E-state index >= 15 is 0 Å². The van der Waals surface area contributed by atoms with Crippen molar-refractivity contribution < 1.29 is 4.74 Å². The first-order valence-corrected chi connectivity index (χ1v) is 7.66. The van der Waals surface area contributed by atoms with Crippen molar-refractivity contribution in [1.82, 2.24) is 4.90 Å². The Morgan fingerprint density at radius 2 is 1.82 bits per heavy atom. The summed E-state index contributed by atoms with van der Waals surface area (Å²) in [6, 6.07) is 0. The molecule has 3 aliphatic rings. The second-order valence-electron chi connectivity index (χ2n) is 6.58. The van der Waals surface area contributed by atoms with Crippen molar-refractivity contribution in [2.75, 3.05) is 32.8 Å². The number of hydrogen-bond acceptors (Lipinski definition) is 2. The summed E-state index contributed by atoms with van der Waals surface area (Å²) < 4.78 is 5.44. The summed E-state index contributed by atoms with van der Waals surface area (Å²) in [5, 5.41) is 0. The average molecular weight is 237 g/mol. The molecule has 98 valence electrons. The van der Waals surface area contributed by atoms with Crippen LogP contribution in [0.4, 0.5) is 0 Å². The van der Waals surface area contributed by atoms with Crippen molar-refractivity contribution >= 4 is 0 Å². The van der Waals surface area contributed by atoms with Crippen molar-refractivity contribution in [1.29, 1.82) is 0 Å². The lowest BCUT2D eigenvalue weighted by Crippen LogP contribution is -2.47. The first-order valence-electron chi connectivity index (χ1n) is 7.66. The summed E-state index contributed by atoms with van der Waals surface area (Å²) in [4.78, 5) is 2.76. The van der Waals surface area contributed by atoms with E-state index < -0.39 is 0 Å². The monoisotopic (exact) mass is 237 g/mol. The minimum absolute atomic E-state index is 0.772. The Balaban J connectivity index is 1.41. The lowest BCUT2D eigenvalue weighted by Gasteiger charge is -2.49. The van der Waals surface area contributed by atoms with Gasteiger partial charge in [0.05, 0.1) is 0 Å². The number of rotatable bonds is 3. The van der Waals surface area contributed by atoms with Crippen LogP contribution in [-0.4, -0.2) is 37.7 Å². The van der Waals surface area contributed by atoms with E-state index in [0.717, 1.165) is 24.5 Å². The molecule has 17 heavy (non-hydrogen) atoms. The van der Waals surface area contributed by atoms with Gasteiger partial charge in [-0.1, -0.05) is 6.42 Å². The zero-order valence-electron chi connectivity index (χ0n) is 11.1. The summed E-state index contributed by atoms with van der Waals surface area (Å²) in [5.74, 6) is 0.947. The molecule has 0 N–H and O–H groups in total. The first kappa shape index (κ1) is 12.0. The Labute approximate surface area is 106 Å². The Bertz CT molecular complexity index is 243. The lowest BCUT2D eigenvalue weighted by atomic mass is 9.64. The molecule has 0 amide bonds. The molecular weight excluding hydrogens is 210 g/mol. The fourth-order valence-electron chi connectivity index (χ4n) is 3.99. The first-order chi connectivity index (χ1) is 8.36. The molecule has 3 rings (SSSR count). The van der Waals surface area contributed by atoms with Crippen LogP contribution in [0, 0.1) is 11.3 Å². The van der Waals surface area contributed by atoms with E-state index in [-0.39, 0.29) is 0 Å². The Morgan fingerprint density at radius 3 is 2.53 bits per heavy atom. The third kappa shape index (κ3) is 2.85. The van der Waals surface area contributed by atoms with Crippen LogP contribution in [0.5, 0.6) is 0 Å². The van der Waals surface area contributed by atoms with E-state index in [1.54, 1.807) is 0 Å². The highest BCUT2D eigenvalue weighted by Crippen LogP contribution is 2.47. The standard InChI is InChI=1S/C15H27NO/c1-6-15(7-1)8-2-9-16(13-15)10-3-14-4-11-17-12-5-14/h14H,1-13H2. The number of nitrogens with zero attached hydrogens (tertiary/aromatic N) is 1. The topological polar surface area (TPSA) is 12.5 Å². The predicted molar refractivity (Wildman–Crippen MR) is 70.1 cm³/mol. The van der Waals surface area contributed by atoms with Crippen molar-refractivity contribution in [3.05, 3.63) is 0 Å². The van der Waals surface area contributed by atoms with E-state index in [9.17, 15) is 0 Å². The highest BCUT2D eigenvalue weighted by atomic mass is 16.5.